The molecule has 0 saturated heterocycles. The highest BCUT2D eigenvalue weighted by molar-refractivity contribution is 7.25. The van der Waals surface area contributed by atoms with Crippen LogP contribution in [0.3, 0.4) is 0 Å². The zero-order valence-corrected chi connectivity index (χ0v) is 30.4. The van der Waals surface area contributed by atoms with Gasteiger partial charge in [-0.25, -0.2) is 15.0 Å². The molecule has 0 N–H and O–H groups in total. The molecule has 0 aliphatic carbocycles. The maximum Gasteiger partial charge on any atom is 0.166 e. The minimum absolute atomic E-state index is 0.00339. The first-order chi connectivity index (χ1) is 31.1. The SMILES string of the molecule is [2H]c1c([2H])c([2H])c2c(c1[2H])c1c([2H])c([2H])c([2H])c([2H])c1n2-c1ccc(-c2ccc3sc4cc(-c5ccccc5)ccc4c3c2)cc1-c1nc(-c2ccccc2)nc(-c2ccccc2)n1. The third-order valence-corrected chi connectivity index (χ3v) is 11.3. The second-order valence-electron chi connectivity index (χ2n) is 13.4. The average molecular weight is 741 g/mol. The van der Waals surface area contributed by atoms with Gasteiger partial charge in [-0.3, -0.25) is 0 Å². The highest BCUT2D eigenvalue weighted by atomic mass is 32.1. The summed E-state index contributed by atoms with van der Waals surface area (Å²) in [6.45, 7) is 0. The first-order valence-corrected chi connectivity index (χ1v) is 18.9. The summed E-state index contributed by atoms with van der Waals surface area (Å²) in [5, 5.41) is 2.19. The van der Waals surface area contributed by atoms with Crippen LogP contribution in [0.5, 0.6) is 0 Å². The molecular weight excluding hydrogens is 701 g/mol. The second-order valence-corrected chi connectivity index (χ2v) is 14.5. The third kappa shape index (κ3) is 5.48. The highest BCUT2D eigenvalue weighted by Gasteiger charge is 2.20. The van der Waals surface area contributed by atoms with E-state index in [-0.39, 0.29) is 27.6 Å². The van der Waals surface area contributed by atoms with Crippen LogP contribution in [-0.4, -0.2) is 19.5 Å². The van der Waals surface area contributed by atoms with E-state index in [4.69, 9.17) is 23.2 Å². The molecule has 0 aliphatic heterocycles. The van der Waals surface area contributed by atoms with Crippen molar-refractivity contribution in [2.24, 2.45) is 0 Å². The molecule has 0 unspecified atom stereocenters. The lowest BCUT2D eigenvalue weighted by Crippen LogP contribution is -2.04. The molecule has 0 aliphatic rings. The lowest BCUT2D eigenvalue weighted by molar-refractivity contribution is 1.06. The van der Waals surface area contributed by atoms with Gasteiger partial charge >= 0.3 is 0 Å². The fourth-order valence-corrected chi connectivity index (χ4v) is 8.57. The topological polar surface area (TPSA) is 43.6 Å². The minimum atomic E-state index is -0.510. The van der Waals surface area contributed by atoms with Crippen molar-refractivity contribution in [3.05, 3.63) is 194 Å². The Morgan fingerprint density at radius 2 is 0.911 bits per heavy atom. The fraction of sp³-hybridized carbons (Fsp3) is 0. The van der Waals surface area contributed by atoms with Crippen LogP contribution in [-0.2, 0) is 0 Å². The van der Waals surface area contributed by atoms with Crippen molar-refractivity contribution in [1.82, 2.24) is 19.5 Å². The van der Waals surface area contributed by atoms with Crippen molar-refractivity contribution in [2.45, 2.75) is 0 Å². The van der Waals surface area contributed by atoms with Gasteiger partial charge in [0.05, 0.1) is 27.7 Å². The number of nitrogens with zero attached hydrogens (tertiary/aromatic N) is 4. The molecule has 3 aromatic heterocycles. The van der Waals surface area contributed by atoms with E-state index in [2.05, 4.69) is 48.5 Å². The predicted molar refractivity (Wildman–Crippen MR) is 234 cm³/mol. The number of rotatable bonds is 6. The molecular formula is C51H32N4S. The van der Waals surface area contributed by atoms with E-state index in [1.165, 1.54) is 4.57 Å². The first kappa shape index (κ1) is 25.0. The molecule has 262 valence electrons. The summed E-state index contributed by atoms with van der Waals surface area (Å²) in [6.07, 6.45) is 0. The summed E-state index contributed by atoms with van der Waals surface area (Å²) in [7, 11) is 0. The Hall–Kier alpha value is -7.21. The summed E-state index contributed by atoms with van der Waals surface area (Å²) >= 11 is 1.73. The van der Waals surface area contributed by atoms with Crippen LogP contribution in [0.25, 0.3) is 104 Å². The number of aromatic nitrogens is 4. The Morgan fingerprint density at radius 3 is 1.55 bits per heavy atom. The lowest BCUT2D eigenvalue weighted by Gasteiger charge is -2.16. The van der Waals surface area contributed by atoms with E-state index >= 15 is 0 Å². The first-order valence-electron chi connectivity index (χ1n) is 22.1. The zero-order chi connectivity index (χ0) is 44.0. The van der Waals surface area contributed by atoms with Crippen molar-refractivity contribution < 1.29 is 11.0 Å². The van der Waals surface area contributed by atoms with E-state index < -0.39 is 48.3 Å². The van der Waals surface area contributed by atoms with Crippen molar-refractivity contribution >= 4 is 53.3 Å². The summed E-state index contributed by atoms with van der Waals surface area (Å²) in [4.78, 5) is 15.1. The number of hydrogen-bond acceptors (Lipinski definition) is 4. The summed E-state index contributed by atoms with van der Waals surface area (Å²) in [6, 6.07) is 44.3. The van der Waals surface area contributed by atoms with Gasteiger partial charge in [-0.1, -0.05) is 152 Å². The van der Waals surface area contributed by atoms with E-state index in [1.54, 1.807) is 11.3 Å². The number of thiophene rings is 1. The normalized spacial score (nSPS) is 13.6. The van der Waals surface area contributed by atoms with Gasteiger partial charge in [0.2, 0.25) is 0 Å². The third-order valence-electron chi connectivity index (χ3n) is 10.1. The standard InChI is InChI=1S/C51H32N4S/c1-4-14-33(15-5-1)38-24-27-41-42-30-37(26-29-47(42)56-48(41)32-38)36-25-28-46(55-44-22-12-10-20-39(44)40-21-11-13-23-45(40)55)43(31-36)51-53-49(34-16-6-2-7-17-34)52-50(54-51)35-18-8-3-9-19-35/h1-32H/i10D,11D,12D,13D,20D,21D,22D,23D. The van der Waals surface area contributed by atoms with Gasteiger partial charge in [-0.2, -0.15) is 0 Å². The average Bonchev–Trinajstić information content (AvgIpc) is 3.90. The van der Waals surface area contributed by atoms with Crippen LogP contribution in [0, 0.1) is 0 Å². The molecule has 0 saturated carbocycles. The van der Waals surface area contributed by atoms with Gasteiger partial charge in [0.15, 0.2) is 17.5 Å². The molecule has 0 atom stereocenters. The fourth-order valence-electron chi connectivity index (χ4n) is 7.45. The van der Waals surface area contributed by atoms with Crippen molar-refractivity contribution in [3.63, 3.8) is 0 Å². The van der Waals surface area contributed by atoms with E-state index in [0.29, 0.717) is 22.9 Å². The van der Waals surface area contributed by atoms with E-state index in [0.717, 1.165) is 53.6 Å². The van der Waals surface area contributed by atoms with Crippen LogP contribution in [0.4, 0.5) is 0 Å². The quantitative estimate of drug-likeness (QED) is 0.170. The smallest absolute Gasteiger partial charge is 0.166 e. The molecule has 4 nitrogen and oxygen atoms in total. The van der Waals surface area contributed by atoms with Gasteiger partial charge in [0, 0.05) is 47.6 Å². The van der Waals surface area contributed by atoms with Crippen molar-refractivity contribution in [1.29, 1.82) is 0 Å². The largest absolute Gasteiger partial charge is 0.309 e. The maximum absolute atomic E-state index is 9.26. The second kappa shape index (κ2) is 13.3. The number of hydrogen-bond donors (Lipinski definition) is 0. The molecule has 8 aromatic carbocycles. The minimum Gasteiger partial charge on any atom is -0.309 e. The van der Waals surface area contributed by atoms with E-state index in [1.807, 2.05) is 97.1 Å². The highest BCUT2D eigenvalue weighted by Crippen LogP contribution is 2.41. The Bertz CT molecular complexity index is 3570. The molecule has 3 heterocycles. The summed E-state index contributed by atoms with van der Waals surface area (Å²) in [5.41, 5.74) is 6.27. The van der Waals surface area contributed by atoms with Gasteiger partial charge in [0.25, 0.3) is 0 Å². The summed E-state index contributed by atoms with van der Waals surface area (Å²) in [5.74, 6) is 1.04. The molecule has 0 fully saturated rings. The molecule has 0 bridgehead atoms. The molecule has 0 radical (unpaired) electrons. The Kier molecular flexibility index (Phi) is 5.92. The van der Waals surface area contributed by atoms with Crippen molar-refractivity contribution in [2.75, 3.05) is 0 Å². The molecule has 0 amide bonds. The molecule has 56 heavy (non-hydrogen) atoms. The van der Waals surface area contributed by atoms with Gasteiger partial charge < -0.3 is 4.57 Å². The monoisotopic (exact) mass is 740 g/mol. The van der Waals surface area contributed by atoms with Crippen molar-refractivity contribution in [3.8, 4) is 62.1 Å². The maximum atomic E-state index is 9.26. The summed E-state index contributed by atoms with van der Waals surface area (Å²) < 4.78 is 75.2. The number of para-hydroxylation sites is 2. The molecule has 11 aromatic rings. The zero-order valence-electron chi connectivity index (χ0n) is 37.6. The van der Waals surface area contributed by atoms with Crippen LogP contribution in [0.15, 0.2) is 194 Å². The number of benzene rings is 8. The van der Waals surface area contributed by atoms with Crippen LogP contribution in [0.1, 0.15) is 11.0 Å². The Morgan fingerprint density at radius 1 is 0.393 bits per heavy atom. The molecule has 0 spiro atoms. The molecule has 5 heteroatoms. The van der Waals surface area contributed by atoms with Crippen LogP contribution in [0.2, 0.25) is 0 Å². The lowest BCUT2D eigenvalue weighted by atomic mass is 9.98. The molecule has 11 rings (SSSR count). The van der Waals surface area contributed by atoms with Gasteiger partial charge in [-0.15, -0.1) is 11.3 Å². The van der Waals surface area contributed by atoms with Gasteiger partial charge in [0.1, 0.15) is 0 Å². The van der Waals surface area contributed by atoms with Crippen LogP contribution < -0.4 is 0 Å². The Balaban J connectivity index is 1.22. The predicted octanol–water partition coefficient (Wildman–Crippen LogP) is 13.7. The Labute approximate surface area is 338 Å². The van der Waals surface area contributed by atoms with E-state index in [9.17, 15) is 2.74 Å². The van der Waals surface area contributed by atoms with Gasteiger partial charge in [-0.05, 0) is 64.7 Å². The number of fused-ring (bicyclic) bond motifs is 6. The van der Waals surface area contributed by atoms with Crippen LogP contribution >= 0.6 is 11.3 Å².